The van der Waals surface area contributed by atoms with Gasteiger partial charge in [0.1, 0.15) is 0 Å². The zero-order valence-corrected chi connectivity index (χ0v) is 6.97. The summed E-state index contributed by atoms with van der Waals surface area (Å²) in [6, 6.07) is 0. The largest absolute Gasteiger partial charge is 0.460 e. The van der Waals surface area contributed by atoms with Crippen LogP contribution in [0.5, 0.6) is 0 Å². The number of hydrogen-bond donors (Lipinski definition) is 0. The third-order valence-electron chi connectivity index (χ3n) is 0.215. The maximum absolute atomic E-state index is 9.64. The van der Waals surface area contributed by atoms with Crippen LogP contribution in [-0.4, -0.2) is 5.97 Å². The van der Waals surface area contributed by atoms with E-state index in [2.05, 4.69) is 18.2 Å². The Bertz CT molecular complexity index is 70.1. The first kappa shape index (κ1) is 9.94. The fraction of sp³-hybridized carbons (Fsp3) is 0. The van der Waals surface area contributed by atoms with Crippen molar-refractivity contribution in [3.05, 3.63) is 19.8 Å². The van der Waals surface area contributed by atoms with Gasteiger partial charge in [-0.2, -0.15) is 0 Å². The van der Waals surface area contributed by atoms with E-state index in [-0.39, 0.29) is 22.4 Å². The van der Waals surface area contributed by atoms with Crippen LogP contribution in [0, 0.1) is 6.92 Å². The molecule has 1 radical (unpaired) electrons. The summed E-state index contributed by atoms with van der Waals surface area (Å²) >= 11 is 0. The molecule has 0 aromatic rings. The SMILES string of the molecule is C=COC([CH2-])=O.[Ta]. The molecule has 3 heteroatoms. The summed E-state index contributed by atoms with van der Waals surface area (Å²) < 4.78 is 4.06. The third kappa shape index (κ3) is 10.7. The second-order valence-electron chi connectivity index (χ2n) is 0.657. The average molecular weight is 266 g/mol. The van der Waals surface area contributed by atoms with Crippen molar-refractivity contribution in [3.8, 4) is 0 Å². The molecule has 39 valence electrons. The van der Waals surface area contributed by atoms with E-state index in [1.165, 1.54) is 0 Å². The minimum atomic E-state index is -0.579. The van der Waals surface area contributed by atoms with E-state index >= 15 is 0 Å². The Labute approximate surface area is 58.1 Å². The molecule has 0 saturated carbocycles. The Kier molecular flexibility index (Phi) is 8.27. The molecule has 0 aliphatic heterocycles. The van der Waals surface area contributed by atoms with Crippen molar-refractivity contribution >= 4 is 5.97 Å². The van der Waals surface area contributed by atoms with Gasteiger partial charge in [-0.15, -0.1) is 0 Å². The molecule has 0 spiro atoms. The number of carbonyl (C=O) groups is 1. The first-order chi connectivity index (χ1) is 2.77. The van der Waals surface area contributed by atoms with Gasteiger partial charge in [-0.1, -0.05) is 6.58 Å². The van der Waals surface area contributed by atoms with Crippen LogP contribution in [-0.2, 0) is 31.9 Å². The fourth-order valence-electron chi connectivity index (χ4n) is 0.0929. The van der Waals surface area contributed by atoms with Crippen LogP contribution in [0.1, 0.15) is 0 Å². The Morgan fingerprint density at radius 3 is 2.29 bits per heavy atom. The van der Waals surface area contributed by atoms with Gasteiger partial charge in [0.05, 0.1) is 6.26 Å². The maximum atomic E-state index is 9.64. The number of hydrogen-bond acceptors (Lipinski definition) is 2. The number of ether oxygens (including phenoxy) is 1. The topological polar surface area (TPSA) is 26.3 Å². The number of rotatable bonds is 1. The van der Waals surface area contributed by atoms with Gasteiger partial charge in [0.25, 0.3) is 0 Å². The normalized spacial score (nSPS) is 5.71. The van der Waals surface area contributed by atoms with Crippen LogP contribution in [0.3, 0.4) is 0 Å². The van der Waals surface area contributed by atoms with Crippen molar-refractivity contribution in [1.82, 2.24) is 0 Å². The molecule has 0 N–H and O–H groups in total. The smallest absolute Gasteiger partial charge is 0.171 e. The Morgan fingerprint density at radius 2 is 2.29 bits per heavy atom. The quantitative estimate of drug-likeness (QED) is 0.392. The standard InChI is InChI=1S/C4H5O2.Ta/c1-3-6-4(2)5;/h3H,1-2H2;/q-1;. The fourth-order valence-corrected chi connectivity index (χ4v) is 0.0929. The van der Waals surface area contributed by atoms with Crippen LogP contribution in [0.2, 0.25) is 0 Å². The molecule has 7 heavy (non-hydrogen) atoms. The first-order valence-corrected chi connectivity index (χ1v) is 1.41. The maximum Gasteiger partial charge on any atom is 0.171 e. The molecule has 0 aliphatic carbocycles. The van der Waals surface area contributed by atoms with Gasteiger partial charge in [-0.3, -0.25) is 11.7 Å². The van der Waals surface area contributed by atoms with Gasteiger partial charge >= 0.3 is 0 Å². The molecule has 0 bridgehead atoms. The minimum absolute atomic E-state index is 0. The molecule has 0 saturated heterocycles. The second-order valence-corrected chi connectivity index (χ2v) is 0.657. The van der Waals surface area contributed by atoms with Crippen molar-refractivity contribution in [1.29, 1.82) is 0 Å². The molecule has 0 aliphatic rings. The summed E-state index contributed by atoms with van der Waals surface area (Å²) in [5.41, 5.74) is 0. The molecule has 0 heterocycles. The van der Waals surface area contributed by atoms with Gasteiger partial charge in [0.2, 0.25) is 0 Å². The van der Waals surface area contributed by atoms with Crippen LogP contribution >= 0.6 is 0 Å². The molecular weight excluding hydrogens is 261 g/mol. The van der Waals surface area contributed by atoms with Crippen LogP contribution in [0.4, 0.5) is 0 Å². The van der Waals surface area contributed by atoms with E-state index < -0.39 is 5.97 Å². The summed E-state index contributed by atoms with van der Waals surface area (Å²) in [7, 11) is 0. The predicted molar refractivity (Wildman–Crippen MR) is 21.6 cm³/mol. The Balaban J connectivity index is 0. The van der Waals surface area contributed by atoms with Gasteiger partial charge in [-0.25, -0.2) is 0 Å². The monoisotopic (exact) mass is 266 g/mol. The molecule has 0 aromatic heterocycles. The molecule has 0 rings (SSSR count). The summed E-state index contributed by atoms with van der Waals surface area (Å²) in [5, 5.41) is 0. The van der Waals surface area contributed by atoms with Gasteiger partial charge in [0.15, 0.2) is 5.97 Å². The zero-order chi connectivity index (χ0) is 4.99. The zero-order valence-electron chi connectivity index (χ0n) is 3.76. The van der Waals surface area contributed by atoms with Crippen molar-refractivity contribution in [2.45, 2.75) is 0 Å². The third-order valence-corrected chi connectivity index (χ3v) is 0.215. The van der Waals surface area contributed by atoms with Crippen LogP contribution < -0.4 is 0 Å². The van der Waals surface area contributed by atoms with E-state index in [0.717, 1.165) is 6.26 Å². The Hall–Kier alpha value is -0.180. The van der Waals surface area contributed by atoms with Crippen LogP contribution in [0.15, 0.2) is 12.8 Å². The average Bonchev–Trinajstić information content (AvgIpc) is 1.35. The van der Waals surface area contributed by atoms with Gasteiger partial charge in [0, 0.05) is 22.4 Å². The number of carbonyl (C=O) groups excluding carboxylic acids is 1. The van der Waals surface area contributed by atoms with Crippen molar-refractivity contribution < 1.29 is 31.9 Å². The summed E-state index contributed by atoms with van der Waals surface area (Å²) in [4.78, 5) is 9.64. The van der Waals surface area contributed by atoms with E-state index in [9.17, 15) is 4.79 Å². The molecule has 2 nitrogen and oxygen atoms in total. The second kappa shape index (κ2) is 5.82. The predicted octanol–water partition coefficient (Wildman–Crippen LogP) is 0.505. The summed E-state index contributed by atoms with van der Waals surface area (Å²) in [6.07, 6.45) is 1.04. The molecule has 0 fully saturated rings. The molecule has 0 unspecified atom stereocenters. The van der Waals surface area contributed by atoms with E-state index in [4.69, 9.17) is 0 Å². The summed E-state index contributed by atoms with van der Waals surface area (Å²) in [5.74, 6) is -0.579. The van der Waals surface area contributed by atoms with E-state index in [0.29, 0.717) is 0 Å². The molecule has 0 atom stereocenters. The molecular formula is C4H5O2Ta-. The molecule has 0 amide bonds. The van der Waals surface area contributed by atoms with E-state index in [1.807, 2.05) is 0 Å². The van der Waals surface area contributed by atoms with Crippen molar-refractivity contribution in [2.24, 2.45) is 0 Å². The Morgan fingerprint density at radius 1 is 1.86 bits per heavy atom. The van der Waals surface area contributed by atoms with Gasteiger partial charge in [-0.05, 0) is 0 Å². The van der Waals surface area contributed by atoms with Crippen molar-refractivity contribution in [2.75, 3.05) is 0 Å². The van der Waals surface area contributed by atoms with Gasteiger partial charge < -0.3 is 4.74 Å². The van der Waals surface area contributed by atoms with Crippen molar-refractivity contribution in [3.63, 3.8) is 0 Å². The first-order valence-electron chi connectivity index (χ1n) is 1.41. The number of esters is 1. The van der Waals surface area contributed by atoms with E-state index in [1.54, 1.807) is 0 Å². The minimum Gasteiger partial charge on any atom is -0.460 e. The summed E-state index contributed by atoms with van der Waals surface area (Å²) in [6.45, 7) is 6.01. The molecule has 0 aromatic carbocycles. The van der Waals surface area contributed by atoms with Crippen LogP contribution in [0.25, 0.3) is 0 Å².